The maximum absolute atomic E-state index is 5.76. The molecule has 2 bridgehead atoms. The first-order valence-corrected chi connectivity index (χ1v) is 5.56. The molecular weight excluding hydrogens is 198 g/mol. The lowest BCUT2D eigenvalue weighted by atomic mass is 9.93. The summed E-state index contributed by atoms with van der Waals surface area (Å²) in [6, 6.07) is 0.641. The zero-order valence-corrected chi connectivity index (χ0v) is 7.98. The minimum absolute atomic E-state index is 0.179. The van der Waals surface area contributed by atoms with Gasteiger partial charge in [-0.15, -0.1) is 0 Å². The van der Waals surface area contributed by atoms with E-state index in [1.54, 1.807) is 11.9 Å². The summed E-state index contributed by atoms with van der Waals surface area (Å²) in [5.41, 5.74) is 0. The van der Waals surface area contributed by atoms with Crippen LogP contribution in [-0.2, 0) is 9.47 Å². The third-order valence-electron chi connectivity index (χ3n) is 2.85. The van der Waals surface area contributed by atoms with Crippen molar-refractivity contribution in [1.82, 2.24) is 4.72 Å². The molecule has 5 unspecified atom stereocenters. The van der Waals surface area contributed by atoms with Gasteiger partial charge in [0.15, 0.2) is 0 Å². The lowest BCUT2D eigenvalue weighted by molar-refractivity contribution is 0.0152. The molecule has 5 heteroatoms. The summed E-state index contributed by atoms with van der Waals surface area (Å²) in [6.45, 7) is 0. The highest BCUT2D eigenvalue weighted by molar-refractivity contribution is 7.98. The number of hydrogen-bond donors (Lipinski definition) is 1. The average Bonchev–Trinajstić information content (AvgIpc) is 2.61. The topological polar surface area (TPSA) is 30.5 Å². The number of alkyl halides is 1. The Labute approximate surface area is 80.3 Å². The standard InChI is InChI=1S/C7H10ClNO2S/c8-2-10-6-3-1-4-7(11-3)5(6)9-12-4/h3-7,9H,1-2H2. The molecule has 5 atom stereocenters. The Morgan fingerprint density at radius 2 is 2.58 bits per heavy atom. The molecule has 68 valence electrons. The van der Waals surface area contributed by atoms with Gasteiger partial charge in [0, 0.05) is 5.25 Å². The summed E-state index contributed by atoms with van der Waals surface area (Å²) in [7, 11) is 0. The van der Waals surface area contributed by atoms with Crippen LogP contribution < -0.4 is 4.72 Å². The van der Waals surface area contributed by atoms with Crippen LogP contribution in [0, 0.1) is 0 Å². The van der Waals surface area contributed by atoms with E-state index in [4.69, 9.17) is 21.1 Å². The second-order valence-electron chi connectivity index (χ2n) is 3.42. The van der Waals surface area contributed by atoms with Crippen molar-refractivity contribution in [2.24, 2.45) is 0 Å². The van der Waals surface area contributed by atoms with E-state index in [1.165, 1.54) is 0 Å². The van der Waals surface area contributed by atoms with Gasteiger partial charge in [-0.2, -0.15) is 0 Å². The Bertz CT molecular complexity index is 204. The van der Waals surface area contributed by atoms with Crippen LogP contribution in [0.5, 0.6) is 0 Å². The molecule has 1 N–H and O–H groups in total. The summed E-state index contributed by atoms with van der Waals surface area (Å²) in [6.07, 6.45) is 1.94. The maximum atomic E-state index is 5.76. The SMILES string of the molecule is ClCOC1C2CC3SNC1C3O2. The van der Waals surface area contributed by atoms with Gasteiger partial charge >= 0.3 is 0 Å². The van der Waals surface area contributed by atoms with Gasteiger partial charge in [0.25, 0.3) is 0 Å². The number of rotatable bonds is 2. The smallest absolute Gasteiger partial charge is 0.121 e. The number of hydrogen-bond acceptors (Lipinski definition) is 4. The first kappa shape index (κ1) is 7.88. The van der Waals surface area contributed by atoms with E-state index >= 15 is 0 Å². The van der Waals surface area contributed by atoms with Crippen LogP contribution in [0.2, 0.25) is 0 Å². The average molecular weight is 208 g/mol. The van der Waals surface area contributed by atoms with E-state index in [-0.39, 0.29) is 18.3 Å². The van der Waals surface area contributed by atoms with Crippen molar-refractivity contribution in [2.75, 3.05) is 6.07 Å². The summed E-state index contributed by atoms with van der Waals surface area (Å²) in [4.78, 5) is 0. The van der Waals surface area contributed by atoms with Crippen LogP contribution in [0.15, 0.2) is 0 Å². The molecule has 0 saturated carbocycles. The third kappa shape index (κ3) is 0.902. The highest BCUT2D eigenvalue weighted by Gasteiger charge is 2.58. The van der Waals surface area contributed by atoms with Crippen LogP contribution in [0.25, 0.3) is 0 Å². The Balaban J connectivity index is 1.81. The van der Waals surface area contributed by atoms with Gasteiger partial charge in [-0.25, -0.2) is 0 Å². The van der Waals surface area contributed by atoms with Crippen molar-refractivity contribution in [2.45, 2.75) is 36.0 Å². The van der Waals surface area contributed by atoms with Gasteiger partial charge in [-0.1, -0.05) is 23.5 Å². The van der Waals surface area contributed by atoms with Crippen LogP contribution in [0.3, 0.4) is 0 Å². The van der Waals surface area contributed by atoms with E-state index in [0.29, 0.717) is 17.4 Å². The van der Waals surface area contributed by atoms with E-state index in [9.17, 15) is 0 Å². The van der Waals surface area contributed by atoms with Gasteiger partial charge in [-0.3, -0.25) is 4.72 Å². The highest BCUT2D eigenvalue weighted by atomic mass is 35.5. The molecule has 3 nitrogen and oxygen atoms in total. The first-order chi connectivity index (χ1) is 5.90. The second kappa shape index (κ2) is 2.75. The number of halogens is 1. The van der Waals surface area contributed by atoms with Crippen molar-refractivity contribution in [3.8, 4) is 0 Å². The predicted octanol–water partition coefficient (Wildman–Crippen LogP) is 0.728. The van der Waals surface area contributed by atoms with Gasteiger partial charge in [0.2, 0.25) is 0 Å². The van der Waals surface area contributed by atoms with Crippen molar-refractivity contribution in [3.05, 3.63) is 0 Å². The zero-order valence-electron chi connectivity index (χ0n) is 6.40. The van der Waals surface area contributed by atoms with E-state index < -0.39 is 0 Å². The molecule has 3 aliphatic heterocycles. The molecule has 3 heterocycles. The third-order valence-corrected chi connectivity index (χ3v) is 4.15. The Hall–Kier alpha value is 0.520. The highest BCUT2D eigenvalue weighted by Crippen LogP contribution is 2.46. The number of fused-ring (bicyclic) bond motifs is 1. The fourth-order valence-corrected chi connectivity index (χ4v) is 3.75. The fraction of sp³-hybridized carbons (Fsp3) is 1.00. The van der Waals surface area contributed by atoms with Crippen LogP contribution in [0.1, 0.15) is 6.42 Å². The fourth-order valence-electron chi connectivity index (χ4n) is 2.35. The minimum atomic E-state index is 0.179. The Kier molecular flexibility index (Phi) is 1.81. The molecule has 0 aliphatic carbocycles. The molecule has 0 aromatic rings. The Morgan fingerprint density at radius 1 is 1.67 bits per heavy atom. The number of nitrogens with one attached hydrogen (secondary N) is 1. The Morgan fingerprint density at radius 3 is 3.42 bits per heavy atom. The lowest BCUT2D eigenvalue weighted by Crippen LogP contribution is -2.43. The van der Waals surface area contributed by atoms with Gasteiger partial charge in [0.05, 0.1) is 18.2 Å². The monoisotopic (exact) mass is 207 g/mol. The van der Waals surface area contributed by atoms with E-state index in [2.05, 4.69) is 4.72 Å². The minimum Gasteiger partial charge on any atom is -0.369 e. The molecule has 3 aliphatic rings. The molecule has 12 heavy (non-hydrogen) atoms. The second-order valence-corrected chi connectivity index (χ2v) is 4.71. The van der Waals surface area contributed by atoms with Crippen molar-refractivity contribution < 1.29 is 9.47 Å². The van der Waals surface area contributed by atoms with Gasteiger partial charge in [-0.05, 0) is 6.42 Å². The zero-order chi connectivity index (χ0) is 8.13. The van der Waals surface area contributed by atoms with Crippen molar-refractivity contribution in [1.29, 1.82) is 0 Å². The van der Waals surface area contributed by atoms with Crippen molar-refractivity contribution in [3.63, 3.8) is 0 Å². The van der Waals surface area contributed by atoms with Crippen molar-refractivity contribution >= 4 is 23.5 Å². The molecule has 0 spiro atoms. The van der Waals surface area contributed by atoms with Gasteiger partial charge < -0.3 is 9.47 Å². The summed E-state index contributed by atoms with van der Waals surface area (Å²) < 4.78 is 14.5. The molecule has 0 aromatic heterocycles. The molecule has 3 saturated heterocycles. The number of ether oxygens (including phenoxy) is 2. The molecule has 0 amide bonds. The van der Waals surface area contributed by atoms with E-state index in [1.807, 2.05) is 0 Å². The molecule has 3 fully saturated rings. The largest absolute Gasteiger partial charge is 0.369 e. The normalized spacial score (nSPS) is 55.2. The first-order valence-electron chi connectivity index (χ1n) is 4.14. The maximum Gasteiger partial charge on any atom is 0.121 e. The molecule has 0 aromatic carbocycles. The van der Waals surface area contributed by atoms with Crippen LogP contribution in [0.4, 0.5) is 0 Å². The lowest BCUT2D eigenvalue weighted by Gasteiger charge is -2.22. The van der Waals surface area contributed by atoms with E-state index in [0.717, 1.165) is 6.42 Å². The van der Waals surface area contributed by atoms with Crippen LogP contribution in [-0.4, -0.2) is 35.7 Å². The summed E-state index contributed by atoms with van der Waals surface area (Å²) >= 11 is 7.34. The molecule has 3 rings (SSSR count). The molecular formula is C7H10ClNO2S. The summed E-state index contributed by atoms with van der Waals surface area (Å²) in [5.74, 6) is 0. The van der Waals surface area contributed by atoms with Gasteiger partial charge in [0.1, 0.15) is 12.2 Å². The predicted molar refractivity (Wildman–Crippen MR) is 47.2 cm³/mol. The van der Waals surface area contributed by atoms with Crippen LogP contribution >= 0.6 is 23.5 Å². The molecule has 0 radical (unpaired) electrons. The summed E-state index contributed by atoms with van der Waals surface area (Å²) in [5, 5.41) is 0.648. The quantitative estimate of drug-likeness (QED) is 0.534.